The first-order valence-electron chi connectivity index (χ1n) is 14.7. The van der Waals surface area contributed by atoms with Crippen molar-refractivity contribution in [3.05, 3.63) is 84.7 Å². The van der Waals surface area contributed by atoms with Crippen LogP contribution in [-0.2, 0) is 0 Å². The third-order valence-corrected chi connectivity index (χ3v) is 10.4. The van der Waals surface area contributed by atoms with Crippen molar-refractivity contribution >= 4 is 10.8 Å². The summed E-state index contributed by atoms with van der Waals surface area (Å²) in [6.45, 7) is 4.76. The molecule has 2 saturated carbocycles. The monoisotopic (exact) mass is 526 g/mol. The topological polar surface area (TPSA) is 81.4 Å². The molecule has 2 saturated heterocycles. The molecule has 6 nitrogen and oxygen atoms in total. The molecule has 0 radical (unpaired) electrons. The van der Waals surface area contributed by atoms with Gasteiger partial charge in [-0.3, -0.25) is 0 Å². The van der Waals surface area contributed by atoms with Gasteiger partial charge in [0.15, 0.2) is 0 Å². The van der Waals surface area contributed by atoms with Crippen LogP contribution in [0.2, 0.25) is 0 Å². The summed E-state index contributed by atoms with van der Waals surface area (Å²) >= 11 is 0. The Morgan fingerprint density at radius 2 is 1.05 bits per heavy atom. The molecule has 2 aliphatic carbocycles. The number of piperidine rings is 2. The molecule has 0 bridgehead atoms. The summed E-state index contributed by atoms with van der Waals surface area (Å²) in [5.74, 6) is 2.13. The van der Waals surface area contributed by atoms with Gasteiger partial charge in [-0.05, 0) is 70.5 Å². The zero-order valence-corrected chi connectivity index (χ0v) is 23.0. The molecule has 200 valence electrons. The second-order valence-electron chi connectivity index (χ2n) is 13.4. The molecule has 0 spiro atoms. The molecule has 4 aliphatic rings. The maximum Gasteiger partial charge on any atom is 0.124 e. The molecule has 3 aromatic carbocycles. The van der Waals surface area contributed by atoms with Gasteiger partial charge in [-0.15, -0.1) is 0 Å². The SMILES string of the molecule is C[C@@]12C[C@@H](c3nc(-c4ccc(-c5ccc6cc(-c7c[nH]c([C@@H]8C[C@]9(C)C[C@H]9N8)n7)ccc6c5)cc4)c[nH]3)N[C@@H]1C2. The van der Waals surface area contributed by atoms with Gasteiger partial charge < -0.3 is 20.6 Å². The molecule has 40 heavy (non-hydrogen) atoms. The minimum atomic E-state index is 0.348. The highest BCUT2D eigenvalue weighted by molar-refractivity contribution is 5.90. The Morgan fingerprint density at radius 1 is 0.575 bits per heavy atom. The average molecular weight is 527 g/mol. The van der Waals surface area contributed by atoms with Gasteiger partial charge in [0.2, 0.25) is 0 Å². The molecule has 2 aliphatic heterocycles. The lowest BCUT2D eigenvalue weighted by Gasteiger charge is -2.11. The number of aromatic nitrogens is 4. The molecule has 5 aromatic rings. The zero-order valence-electron chi connectivity index (χ0n) is 23.0. The Kier molecular flexibility index (Phi) is 4.56. The van der Waals surface area contributed by atoms with E-state index >= 15 is 0 Å². The summed E-state index contributed by atoms with van der Waals surface area (Å²) < 4.78 is 0. The second kappa shape index (κ2) is 7.93. The lowest BCUT2D eigenvalue weighted by molar-refractivity contribution is 0.488. The van der Waals surface area contributed by atoms with E-state index in [1.165, 1.54) is 47.6 Å². The molecule has 6 atom stereocenters. The number of imidazole rings is 2. The highest BCUT2D eigenvalue weighted by Crippen LogP contribution is 2.58. The van der Waals surface area contributed by atoms with Gasteiger partial charge in [-0.1, -0.05) is 62.4 Å². The van der Waals surface area contributed by atoms with Crippen molar-refractivity contribution in [1.82, 2.24) is 30.6 Å². The normalized spacial score (nSPS) is 31.9. The summed E-state index contributed by atoms with van der Waals surface area (Å²) in [4.78, 5) is 16.7. The first-order valence-corrected chi connectivity index (χ1v) is 14.7. The Morgan fingerprint density at radius 3 is 1.60 bits per heavy atom. The third kappa shape index (κ3) is 3.62. The van der Waals surface area contributed by atoms with Gasteiger partial charge in [0.1, 0.15) is 11.6 Å². The van der Waals surface area contributed by atoms with E-state index in [0.717, 1.165) is 34.2 Å². The number of hydrogen-bond acceptors (Lipinski definition) is 4. The van der Waals surface area contributed by atoms with Crippen LogP contribution in [0.25, 0.3) is 44.4 Å². The van der Waals surface area contributed by atoms with Crippen LogP contribution in [-0.4, -0.2) is 32.0 Å². The van der Waals surface area contributed by atoms with Gasteiger partial charge in [-0.25, -0.2) is 9.97 Å². The summed E-state index contributed by atoms with van der Waals surface area (Å²) in [5.41, 5.74) is 7.71. The fraction of sp³-hybridized carbons (Fsp3) is 0.353. The molecular weight excluding hydrogens is 492 g/mol. The largest absolute Gasteiger partial charge is 0.347 e. The third-order valence-electron chi connectivity index (χ3n) is 10.4. The van der Waals surface area contributed by atoms with Gasteiger partial charge in [0, 0.05) is 35.6 Å². The number of nitrogens with zero attached hydrogens (tertiary/aromatic N) is 2. The highest BCUT2D eigenvalue weighted by atomic mass is 15.1. The van der Waals surface area contributed by atoms with Gasteiger partial charge in [0.05, 0.1) is 23.5 Å². The van der Waals surface area contributed by atoms with E-state index in [9.17, 15) is 0 Å². The Bertz CT molecular complexity index is 1780. The number of benzene rings is 3. The highest BCUT2D eigenvalue weighted by Gasteiger charge is 2.58. The van der Waals surface area contributed by atoms with E-state index in [2.05, 4.69) is 101 Å². The molecule has 4 N–H and O–H groups in total. The van der Waals surface area contributed by atoms with Gasteiger partial charge in [0.25, 0.3) is 0 Å². The number of aromatic amines is 2. The van der Waals surface area contributed by atoms with Crippen molar-refractivity contribution in [2.24, 2.45) is 10.8 Å². The molecule has 4 fully saturated rings. The number of rotatable bonds is 5. The lowest BCUT2D eigenvalue weighted by Crippen LogP contribution is -2.18. The van der Waals surface area contributed by atoms with E-state index in [-0.39, 0.29) is 0 Å². The molecule has 0 amide bonds. The molecule has 4 heterocycles. The van der Waals surface area contributed by atoms with Crippen LogP contribution in [0.5, 0.6) is 0 Å². The number of fused-ring (bicyclic) bond motifs is 3. The summed E-state index contributed by atoms with van der Waals surface area (Å²) in [7, 11) is 0. The van der Waals surface area contributed by atoms with Crippen LogP contribution in [0, 0.1) is 10.8 Å². The Balaban J connectivity index is 0.925. The minimum absolute atomic E-state index is 0.348. The molecule has 6 heteroatoms. The van der Waals surface area contributed by atoms with Gasteiger partial charge in [-0.2, -0.15) is 0 Å². The van der Waals surface area contributed by atoms with Crippen LogP contribution in [0.1, 0.15) is 63.3 Å². The van der Waals surface area contributed by atoms with Crippen molar-refractivity contribution in [1.29, 1.82) is 0 Å². The maximum absolute atomic E-state index is 4.96. The van der Waals surface area contributed by atoms with E-state index in [1.54, 1.807) is 0 Å². The lowest BCUT2D eigenvalue weighted by atomic mass is 9.98. The first kappa shape index (κ1) is 23.0. The van der Waals surface area contributed by atoms with Crippen molar-refractivity contribution < 1.29 is 0 Å². The summed E-state index contributed by atoms with van der Waals surface area (Å²) in [6.07, 6.45) is 9.05. The number of H-pyrrole nitrogens is 2. The smallest absolute Gasteiger partial charge is 0.124 e. The summed E-state index contributed by atoms with van der Waals surface area (Å²) in [6, 6.07) is 24.2. The predicted molar refractivity (Wildman–Crippen MR) is 159 cm³/mol. The van der Waals surface area contributed by atoms with E-state index < -0.39 is 0 Å². The van der Waals surface area contributed by atoms with E-state index in [4.69, 9.17) is 9.97 Å². The number of nitrogens with one attached hydrogen (secondary N) is 4. The van der Waals surface area contributed by atoms with Gasteiger partial charge >= 0.3 is 0 Å². The quantitative estimate of drug-likeness (QED) is 0.201. The van der Waals surface area contributed by atoms with Crippen molar-refractivity contribution in [2.45, 2.75) is 63.7 Å². The van der Waals surface area contributed by atoms with E-state index in [1.807, 2.05) is 6.20 Å². The van der Waals surface area contributed by atoms with Crippen LogP contribution >= 0.6 is 0 Å². The second-order valence-corrected chi connectivity index (χ2v) is 13.4. The van der Waals surface area contributed by atoms with Crippen molar-refractivity contribution in [3.8, 4) is 33.6 Å². The van der Waals surface area contributed by atoms with Crippen LogP contribution in [0.15, 0.2) is 73.1 Å². The fourth-order valence-electron chi connectivity index (χ4n) is 7.42. The predicted octanol–water partition coefficient (Wildman–Crippen LogP) is 6.91. The van der Waals surface area contributed by atoms with Crippen molar-refractivity contribution in [3.63, 3.8) is 0 Å². The number of hydrogen-bond donors (Lipinski definition) is 4. The van der Waals surface area contributed by atoms with Crippen molar-refractivity contribution in [2.75, 3.05) is 0 Å². The zero-order chi connectivity index (χ0) is 26.6. The maximum atomic E-state index is 4.96. The molecule has 9 rings (SSSR count). The minimum Gasteiger partial charge on any atom is -0.347 e. The summed E-state index contributed by atoms with van der Waals surface area (Å²) in [5, 5.41) is 9.91. The Labute approximate surface area is 234 Å². The van der Waals surface area contributed by atoms with Crippen LogP contribution < -0.4 is 10.6 Å². The molecular formula is C34H34N6. The fourth-order valence-corrected chi connectivity index (χ4v) is 7.42. The van der Waals surface area contributed by atoms with Crippen LogP contribution in [0.3, 0.4) is 0 Å². The van der Waals surface area contributed by atoms with E-state index in [0.29, 0.717) is 35.0 Å². The standard InChI is InChI=1S/C34H34N6/c1-33-13-25(37-29(33)15-33)31-35-17-27(39-31)20-5-3-19(4-6-20)21-7-8-23-12-24(10-9-22(23)11-21)28-18-36-32(40-28)26-14-34(2)16-30(34)38-26/h3-12,17-18,25-26,29-30,37-38H,13-16H2,1-2H3,(H,35,39)(H,36,40)/t25-,26-,29+,30+,33-,34+/m0/s1. The Hall–Kier alpha value is -3.74. The molecule has 2 aromatic heterocycles. The average Bonchev–Trinajstić information content (AvgIpc) is 3.46. The first-order chi connectivity index (χ1) is 19.4. The molecule has 0 unspecified atom stereocenters. The van der Waals surface area contributed by atoms with Crippen LogP contribution in [0.4, 0.5) is 0 Å².